The third-order valence-electron chi connectivity index (χ3n) is 2.87. The first-order valence-electron chi connectivity index (χ1n) is 6.25. The molecule has 0 spiro atoms. The lowest BCUT2D eigenvalue weighted by atomic mass is 10.0. The number of thiazole rings is 1. The summed E-state index contributed by atoms with van der Waals surface area (Å²) in [5, 5.41) is 19.9. The number of nitrogens with zero attached hydrogens (tertiary/aromatic N) is 1. The number of amides is 1. The van der Waals surface area contributed by atoms with Gasteiger partial charge in [-0.25, -0.2) is 9.78 Å². The molecule has 108 valence electrons. The van der Waals surface area contributed by atoms with Crippen LogP contribution in [0.5, 0.6) is 0 Å². The van der Waals surface area contributed by atoms with Crippen molar-refractivity contribution in [1.82, 2.24) is 10.3 Å². The minimum absolute atomic E-state index is 0.200. The van der Waals surface area contributed by atoms with Crippen molar-refractivity contribution >= 4 is 17.4 Å². The third kappa shape index (κ3) is 3.81. The standard InChI is InChI=1S/C15H14N2O3S/c1-10(17-15(19)20)11-4-6-12(7-5-11)14-13(3-2-8-18)16-9-21-14/h4-7,9-10,17-18H,8H2,1H3,(H,19,20). The van der Waals surface area contributed by atoms with E-state index in [0.29, 0.717) is 5.69 Å². The van der Waals surface area contributed by atoms with Crippen molar-refractivity contribution in [3.8, 4) is 22.3 Å². The Labute approximate surface area is 126 Å². The minimum Gasteiger partial charge on any atom is -0.465 e. The predicted octanol–water partition coefficient (Wildman–Crippen LogP) is 2.48. The number of hydrogen-bond acceptors (Lipinski definition) is 4. The van der Waals surface area contributed by atoms with E-state index in [9.17, 15) is 4.79 Å². The van der Waals surface area contributed by atoms with E-state index in [1.165, 1.54) is 11.3 Å². The van der Waals surface area contributed by atoms with Crippen LogP contribution < -0.4 is 5.32 Å². The SMILES string of the molecule is CC(NC(=O)O)c1ccc(-c2scnc2C#CCO)cc1. The Morgan fingerprint density at radius 3 is 2.76 bits per heavy atom. The zero-order valence-corrected chi connectivity index (χ0v) is 12.1. The highest BCUT2D eigenvalue weighted by atomic mass is 32.1. The topological polar surface area (TPSA) is 82.5 Å². The van der Waals surface area contributed by atoms with Crippen molar-refractivity contribution in [2.75, 3.05) is 6.61 Å². The molecule has 1 aromatic carbocycles. The van der Waals surface area contributed by atoms with Crippen molar-refractivity contribution in [3.05, 3.63) is 41.0 Å². The molecule has 0 aliphatic rings. The summed E-state index contributed by atoms with van der Waals surface area (Å²) >= 11 is 1.47. The molecule has 6 heteroatoms. The van der Waals surface area contributed by atoms with Crippen LogP contribution >= 0.6 is 11.3 Å². The Balaban J connectivity index is 2.23. The van der Waals surface area contributed by atoms with Crippen molar-refractivity contribution in [2.24, 2.45) is 0 Å². The monoisotopic (exact) mass is 302 g/mol. The lowest BCUT2D eigenvalue weighted by Gasteiger charge is -2.12. The minimum atomic E-state index is -1.05. The molecule has 2 rings (SSSR count). The highest BCUT2D eigenvalue weighted by Gasteiger charge is 2.10. The van der Waals surface area contributed by atoms with Crippen molar-refractivity contribution in [1.29, 1.82) is 0 Å². The van der Waals surface area contributed by atoms with E-state index in [1.807, 2.05) is 24.3 Å². The molecule has 1 heterocycles. The molecule has 1 amide bonds. The fourth-order valence-corrected chi connectivity index (χ4v) is 2.61. The molecule has 0 aliphatic carbocycles. The fourth-order valence-electron chi connectivity index (χ4n) is 1.85. The number of benzene rings is 1. The summed E-state index contributed by atoms with van der Waals surface area (Å²) in [6, 6.07) is 7.30. The summed E-state index contributed by atoms with van der Waals surface area (Å²) in [7, 11) is 0. The van der Waals surface area contributed by atoms with Crippen LogP contribution in [0.15, 0.2) is 29.8 Å². The molecule has 3 N–H and O–H groups in total. The van der Waals surface area contributed by atoms with Gasteiger partial charge in [-0.2, -0.15) is 0 Å². The number of hydrogen-bond donors (Lipinski definition) is 3. The van der Waals surface area contributed by atoms with E-state index in [1.54, 1.807) is 12.4 Å². The summed E-state index contributed by atoms with van der Waals surface area (Å²) in [5.41, 5.74) is 4.19. The Morgan fingerprint density at radius 2 is 2.14 bits per heavy atom. The number of aromatic nitrogens is 1. The first-order chi connectivity index (χ1) is 10.1. The third-order valence-corrected chi connectivity index (χ3v) is 3.74. The zero-order valence-electron chi connectivity index (χ0n) is 11.3. The number of carbonyl (C=O) groups is 1. The van der Waals surface area contributed by atoms with E-state index < -0.39 is 6.09 Å². The molecular weight excluding hydrogens is 288 g/mol. The van der Waals surface area contributed by atoms with Crippen LogP contribution in [0, 0.1) is 11.8 Å². The van der Waals surface area contributed by atoms with Gasteiger partial charge in [0.25, 0.3) is 0 Å². The van der Waals surface area contributed by atoms with E-state index in [-0.39, 0.29) is 12.6 Å². The van der Waals surface area contributed by atoms with Crippen molar-refractivity contribution in [2.45, 2.75) is 13.0 Å². The second-order valence-electron chi connectivity index (χ2n) is 4.28. The molecule has 0 bridgehead atoms. The Hall–Kier alpha value is -2.36. The molecule has 0 saturated carbocycles. The van der Waals surface area contributed by atoms with E-state index >= 15 is 0 Å². The molecule has 1 unspecified atom stereocenters. The maximum absolute atomic E-state index is 10.6. The molecule has 0 radical (unpaired) electrons. The largest absolute Gasteiger partial charge is 0.465 e. The second kappa shape index (κ2) is 6.88. The number of nitrogens with one attached hydrogen (secondary N) is 1. The van der Waals surface area contributed by atoms with E-state index in [0.717, 1.165) is 16.0 Å². The van der Waals surface area contributed by atoms with Gasteiger partial charge in [0, 0.05) is 0 Å². The van der Waals surface area contributed by atoms with Gasteiger partial charge >= 0.3 is 6.09 Å². The van der Waals surface area contributed by atoms with E-state index in [2.05, 4.69) is 22.1 Å². The molecule has 21 heavy (non-hydrogen) atoms. The average Bonchev–Trinajstić information content (AvgIpc) is 2.93. The normalized spacial score (nSPS) is 11.3. The lowest BCUT2D eigenvalue weighted by Crippen LogP contribution is -2.24. The van der Waals surface area contributed by atoms with Gasteiger partial charge in [0.2, 0.25) is 0 Å². The number of rotatable bonds is 3. The Bertz CT molecular complexity index is 683. The Morgan fingerprint density at radius 1 is 1.43 bits per heavy atom. The highest BCUT2D eigenvalue weighted by Crippen LogP contribution is 2.28. The van der Waals surface area contributed by atoms with Crippen LogP contribution in [0.25, 0.3) is 10.4 Å². The van der Waals surface area contributed by atoms with Crippen molar-refractivity contribution < 1.29 is 15.0 Å². The first kappa shape index (κ1) is 15.0. The van der Waals surface area contributed by atoms with Crippen LogP contribution in [0.2, 0.25) is 0 Å². The smallest absolute Gasteiger partial charge is 0.405 e. The number of carboxylic acid groups (broad SMARTS) is 1. The molecule has 1 aromatic heterocycles. The molecular formula is C15H14N2O3S. The maximum atomic E-state index is 10.6. The molecule has 2 aromatic rings. The van der Waals surface area contributed by atoms with Gasteiger partial charge in [0.15, 0.2) is 0 Å². The molecule has 1 atom stereocenters. The van der Waals surface area contributed by atoms with Gasteiger partial charge in [-0.1, -0.05) is 30.2 Å². The van der Waals surface area contributed by atoms with Crippen LogP contribution in [-0.4, -0.2) is 27.9 Å². The lowest BCUT2D eigenvalue weighted by molar-refractivity contribution is 0.191. The van der Waals surface area contributed by atoms with Gasteiger partial charge in [-0.05, 0) is 24.0 Å². The van der Waals surface area contributed by atoms with Crippen molar-refractivity contribution in [3.63, 3.8) is 0 Å². The predicted molar refractivity (Wildman–Crippen MR) is 81.1 cm³/mol. The molecule has 0 saturated heterocycles. The highest BCUT2D eigenvalue weighted by molar-refractivity contribution is 7.13. The van der Waals surface area contributed by atoms with Gasteiger partial charge < -0.3 is 15.5 Å². The number of aliphatic hydroxyl groups is 1. The first-order valence-corrected chi connectivity index (χ1v) is 7.12. The van der Waals surface area contributed by atoms with Crippen LogP contribution in [-0.2, 0) is 0 Å². The van der Waals surface area contributed by atoms with Crippen LogP contribution in [0.4, 0.5) is 4.79 Å². The van der Waals surface area contributed by atoms with Gasteiger partial charge in [0.1, 0.15) is 12.3 Å². The molecule has 0 aliphatic heterocycles. The van der Waals surface area contributed by atoms with Gasteiger partial charge in [0.05, 0.1) is 16.4 Å². The summed E-state index contributed by atoms with van der Waals surface area (Å²) in [6.07, 6.45) is -1.05. The van der Waals surface area contributed by atoms with E-state index in [4.69, 9.17) is 10.2 Å². The van der Waals surface area contributed by atoms with Gasteiger partial charge in [-0.3, -0.25) is 0 Å². The Kier molecular flexibility index (Phi) is 4.93. The van der Waals surface area contributed by atoms with Gasteiger partial charge in [-0.15, -0.1) is 11.3 Å². The molecule has 5 nitrogen and oxygen atoms in total. The summed E-state index contributed by atoms with van der Waals surface area (Å²) < 4.78 is 0. The average molecular weight is 302 g/mol. The second-order valence-corrected chi connectivity index (χ2v) is 5.14. The van der Waals surface area contributed by atoms with Crippen LogP contribution in [0.3, 0.4) is 0 Å². The zero-order chi connectivity index (χ0) is 15.2. The summed E-state index contributed by atoms with van der Waals surface area (Å²) in [6.45, 7) is 1.59. The van der Waals surface area contributed by atoms with Crippen LogP contribution in [0.1, 0.15) is 24.2 Å². The quantitative estimate of drug-likeness (QED) is 0.761. The number of aliphatic hydroxyl groups excluding tert-OH is 1. The fraction of sp³-hybridized carbons (Fsp3) is 0.200. The summed E-state index contributed by atoms with van der Waals surface area (Å²) in [4.78, 5) is 15.7. The molecule has 0 fully saturated rings. The maximum Gasteiger partial charge on any atom is 0.405 e. The summed E-state index contributed by atoms with van der Waals surface area (Å²) in [5.74, 6) is 5.40.